The number of aromatic nitrogens is 2. The Bertz CT molecular complexity index is 1220. The van der Waals surface area contributed by atoms with E-state index in [2.05, 4.69) is 0 Å². The Kier molecular flexibility index (Phi) is 5.82. The summed E-state index contributed by atoms with van der Waals surface area (Å²) >= 11 is 0. The van der Waals surface area contributed by atoms with Crippen molar-refractivity contribution in [3.05, 3.63) is 78.4 Å². The number of hydrogen-bond donors (Lipinski definition) is 2. The maximum atomic E-state index is 10.6. The Morgan fingerprint density at radius 3 is 1.97 bits per heavy atom. The van der Waals surface area contributed by atoms with Gasteiger partial charge in [0.2, 0.25) is 0 Å². The Morgan fingerprint density at radius 2 is 1.32 bits per heavy atom. The van der Waals surface area contributed by atoms with Gasteiger partial charge in [-0.15, -0.1) is 0 Å². The summed E-state index contributed by atoms with van der Waals surface area (Å²) in [5, 5.41) is 20.9. The summed E-state index contributed by atoms with van der Waals surface area (Å²) in [7, 11) is 3.16. The minimum Gasteiger partial charge on any atom is -0.507 e. The predicted molar refractivity (Wildman–Crippen MR) is 119 cm³/mol. The van der Waals surface area contributed by atoms with Crippen LogP contribution in [0.25, 0.3) is 33.9 Å². The number of phenolic OH excluding ortho intramolecular Hbond substituents is 2. The van der Waals surface area contributed by atoms with Gasteiger partial charge in [-0.05, 0) is 48.5 Å². The van der Waals surface area contributed by atoms with Gasteiger partial charge in [0.1, 0.15) is 17.2 Å². The molecule has 6 nitrogen and oxygen atoms in total. The van der Waals surface area contributed by atoms with E-state index in [1.165, 1.54) is 0 Å². The molecule has 0 aliphatic heterocycles. The molecule has 0 radical (unpaired) electrons. The fourth-order valence-corrected chi connectivity index (χ4v) is 3.37. The van der Waals surface area contributed by atoms with Gasteiger partial charge in [0.05, 0.1) is 36.5 Å². The SMILES string of the molecule is COCc1cccc(-c2cccc(-c3cccc(-c4cc(OC)ccc4O)n3)n2)c1O. The number of hydrogen-bond acceptors (Lipinski definition) is 6. The zero-order valence-electron chi connectivity index (χ0n) is 17.2. The monoisotopic (exact) mass is 414 g/mol. The molecule has 0 spiro atoms. The van der Waals surface area contributed by atoms with Gasteiger partial charge in [-0.3, -0.25) is 0 Å². The lowest BCUT2D eigenvalue weighted by molar-refractivity contribution is 0.182. The molecule has 2 aromatic carbocycles. The molecule has 2 N–H and O–H groups in total. The van der Waals surface area contributed by atoms with Crippen LogP contribution < -0.4 is 4.74 Å². The standard InChI is InChI=1S/C25H22N2O4/c1-30-15-16-6-3-7-18(25(16)29)20-8-4-10-22(26-20)23-11-5-9-21(27-23)19-14-17(31-2)12-13-24(19)28/h3-14,28-29H,15H2,1-2H3. The third-order valence-corrected chi connectivity index (χ3v) is 4.94. The first kappa shape index (κ1) is 20.4. The molecule has 2 aromatic heterocycles. The van der Waals surface area contributed by atoms with Gasteiger partial charge in [0.15, 0.2) is 0 Å². The second kappa shape index (κ2) is 8.85. The van der Waals surface area contributed by atoms with Gasteiger partial charge in [-0.2, -0.15) is 0 Å². The largest absolute Gasteiger partial charge is 0.507 e. The number of benzene rings is 2. The van der Waals surface area contributed by atoms with E-state index in [0.29, 0.717) is 51.8 Å². The summed E-state index contributed by atoms with van der Waals surface area (Å²) < 4.78 is 10.4. The highest BCUT2D eigenvalue weighted by atomic mass is 16.5. The highest BCUT2D eigenvalue weighted by molar-refractivity contribution is 5.73. The second-order valence-corrected chi connectivity index (χ2v) is 6.95. The second-order valence-electron chi connectivity index (χ2n) is 6.95. The van der Waals surface area contributed by atoms with E-state index in [1.807, 2.05) is 54.6 Å². The summed E-state index contributed by atoms with van der Waals surface area (Å²) in [5.41, 5.74) is 4.42. The highest BCUT2D eigenvalue weighted by Crippen LogP contribution is 2.34. The average molecular weight is 414 g/mol. The lowest BCUT2D eigenvalue weighted by Crippen LogP contribution is -1.94. The van der Waals surface area contributed by atoms with Gasteiger partial charge in [-0.25, -0.2) is 9.97 Å². The molecule has 0 fully saturated rings. The normalized spacial score (nSPS) is 10.8. The topological polar surface area (TPSA) is 84.7 Å². The molecule has 4 aromatic rings. The minimum absolute atomic E-state index is 0.118. The Hall–Kier alpha value is -3.90. The maximum absolute atomic E-state index is 10.6. The molecular formula is C25H22N2O4. The van der Waals surface area contributed by atoms with E-state index in [1.54, 1.807) is 32.4 Å². The van der Waals surface area contributed by atoms with Gasteiger partial charge in [0, 0.05) is 23.8 Å². The number of nitrogens with zero attached hydrogens (tertiary/aromatic N) is 2. The smallest absolute Gasteiger partial charge is 0.130 e. The summed E-state index contributed by atoms with van der Waals surface area (Å²) in [4.78, 5) is 9.41. The number of aromatic hydroxyl groups is 2. The van der Waals surface area contributed by atoms with Crippen molar-refractivity contribution in [2.45, 2.75) is 6.61 Å². The number of methoxy groups -OCH3 is 2. The zero-order chi connectivity index (χ0) is 21.8. The van der Waals surface area contributed by atoms with E-state index >= 15 is 0 Å². The minimum atomic E-state index is 0.118. The van der Waals surface area contributed by atoms with Gasteiger partial charge in [-0.1, -0.05) is 24.3 Å². The van der Waals surface area contributed by atoms with Crippen molar-refractivity contribution in [2.24, 2.45) is 0 Å². The van der Waals surface area contributed by atoms with Crippen LogP contribution in [0.3, 0.4) is 0 Å². The molecule has 0 saturated carbocycles. The van der Waals surface area contributed by atoms with Crippen molar-refractivity contribution in [2.75, 3.05) is 14.2 Å². The van der Waals surface area contributed by atoms with Crippen LogP contribution >= 0.6 is 0 Å². The van der Waals surface area contributed by atoms with Crippen molar-refractivity contribution in [3.8, 4) is 51.2 Å². The molecule has 0 amide bonds. The van der Waals surface area contributed by atoms with Crippen LogP contribution in [0.5, 0.6) is 17.2 Å². The van der Waals surface area contributed by atoms with Crippen LogP contribution in [0.1, 0.15) is 5.56 Å². The zero-order valence-corrected chi connectivity index (χ0v) is 17.2. The fraction of sp³-hybridized carbons (Fsp3) is 0.120. The van der Waals surface area contributed by atoms with Gasteiger partial charge >= 0.3 is 0 Å². The molecule has 0 atom stereocenters. The number of rotatable bonds is 6. The molecule has 0 saturated heterocycles. The van der Waals surface area contributed by atoms with Crippen LogP contribution in [0.2, 0.25) is 0 Å². The summed E-state index contributed by atoms with van der Waals surface area (Å²) in [6.07, 6.45) is 0. The Labute approximate surface area is 180 Å². The Balaban J connectivity index is 1.75. The van der Waals surface area contributed by atoms with Crippen LogP contribution in [-0.4, -0.2) is 34.4 Å². The van der Waals surface area contributed by atoms with E-state index < -0.39 is 0 Å². The van der Waals surface area contributed by atoms with Crippen LogP contribution in [0.4, 0.5) is 0 Å². The van der Waals surface area contributed by atoms with Crippen molar-refractivity contribution in [1.29, 1.82) is 0 Å². The predicted octanol–water partition coefficient (Wildman–Crippen LogP) is 5.04. The number of pyridine rings is 2. The number of phenols is 2. The molecule has 4 rings (SSSR count). The quantitative estimate of drug-likeness (QED) is 0.460. The molecule has 2 heterocycles. The average Bonchev–Trinajstić information content (AvgIpc) is 2.81. The molecule has 31 heavy (non-hydrogen) atoms. The fourth-order valence-electron chi connectivity index (χ4n) is 3.37. The first-order valence-corrected chi connectivity index (χ1v) is 9.72. The summed E-state index contributed by atoms with van der Waals surface area (Å²) in [5.74, 6) is 0.899. The van der Waals surface area contributed by atoms with Gasteiger partial charge in [0.25, 0.3) is 0 Å². The van der Waals surface area contributed by atoms with Crippen molar-refractivity contribution < 1.29 is 19.7 Å². The lowest BCUT2D eigenvalue weighted by Gasteiger charge is -2.11. The number of para-hydroxylation sites is 1. The van der Waals surface area contributed by atoms with Crippen molar-refractivity contribution in [3.63, 3.8) is 0 Å². The van der Waals surface area contributed by atoms with E-state index in [0.717, 1.165) is 0 Å². The third-order valence-electron chi connectivity index (χ3n) is 4.94. The maximum Gasteiger partial charge on any atom is 0.130 e. The molecule has 0 aliphatic carbocycles. The van der Waals surface area contributed by atoms with E-state index in [9.17, 15) is 10.2 Å². The number of ether oxygens (including phenoxy) is 2. The Morgan fingerprint density at radius 1 is 0.710 bits per heavy atom. The van der Waals surface area contributed by atoms with Crippen molar-refractivity contribution >= 4 is 0 Å². The molecular weight excluding hydrogens is 392 g/mol. The van der Waals surface area contributed by atoms with Crippen LogP contribution in [0, 0.1) is 0 Å². The van der Waals surface area contributed by atoms with Crippen LogP contribution in [0.15, 0.2) is 72.8 Å². The van der Waals surface area contributed by atoms with Crippen LogP contribution in [-0.2, 0) is 11.3 Å². The van der Waals surface area contributed by atoms with Gasteiger partial charge < -0.3 is 19.7 Å². The molecule has 0 aliphatic rings. The first-order chi connectivity index (χ1) is 15.1. The lowest BCUT2D eigenvalue weighted by atomic mass is 10.0. The highest BCUT2D eigenvalue weighted by Gasteiger charge is 2.13. The summed E-state index contributed by atoms with van der Waals surface area (Å²) in [6.45, 7) is 0.312. The van der Waals surface area contributed by atoms with Crippen molar-refractivity contribution in [1.82, 2.24) is 9.97 Å². The third kappa shape index (κ3) is 4.20. The molecule has 0 unspecified atom stereocenters. The molecule has 156 valence electrons. The molecule has 6 heteroatoms. The first-order valence-electron chi connectivity index (χ1n) is 9.72. The van der Waals surface area contributed by atoms with E-state index in [4.69, 9.17) is 19.4 Å². The summed E-state index contributed by atoms with van der Waals surface area (Å²) in [6, 6.07) is 21.6. The van der Waals surface area contributed by atoms with E-state index in [-0.39, 0.29) is 11.5 Å². The molecule has 0 bridgehead atoms.